The Morgan fingerprint density at radius 2 is 1.20 bits per heavy atom. The van der Waals surface area contributed by atoms with Crippen LogP contribution in [-0.4, -0.2) is 9.13 Å². The van der Waals surface area contributed by atoms with Crippen molar-refractivity contribution in [3.63, 3.8) is 0 Å². The quantitative estimate of drug-likeness (QED) is 0.142. The van der Waals surface area contributed by atoms with Crippen molar-refractivity contribution in [3.8, 4) is 11.1 Å². The van der Waals surface area contributed by atoms with Crippen molar-refractivity contribution in [1.82, 2.24) is 9.13 Å². The molecule has 312 valence electrons. The predicted molar refractivity (Wildman–Crippen MR) is 276 cm³/mol. The molecule has 2 atom stereocenters. The minimum Gasteiger partial charge on any atom is -0.313 e. The van der Waals surface area contributed by atoms with Crippen LogP contribution in [0.4, 0.5) is 0 Å². The highest BCUT2D eigenvalue weighted by Crippen LogP contribution is 2.45. The molecule has 12 rings (SSSR count). The van der Waals surface area contributed by atoms with Gasteiger partial charge in [-0.05, 0) is 141 Å². The molecule has 0 aliphatic heterocycles. The van der Waals surface area contributed by atoms with Crippen molar-refractivity contribution in [2.24, 2.45) is 11.8 Å². The molecule has 3 aliphatic carbocycles. The lowest BCUT2D eigenvalue weighted by Gasteiger charge is -2.24. The first-order chi connectivity index (χ1) is 31.4. The molecule has 2 heteroatoms. The molecule has 2 aromatic heterocycles. The number of para-hydroxylation sites is 1. The standard InChI is InChI=1S/C62H54N2/c1-39(2)44-26-33-59-55(36-44)56-37-45(40(3)4)27-34-60(56)64(59)47-29-22-41(23-30-47)46-28-35-58-54(38-46)49-16-12-13-21-57(49)63(58)48-31-24-43(25-32-48)62-52-19-10-8-17-50(52)61(42-14-6-5-7-15-42)51-18-9-11-20-53(51)62/h5-22,24,26,28-29,31-40,43,45H,23,25,27,30H2,1-4H3. The molecule has 0 saturated carbocycles. The van der Waals surface area contributed by atoms with Gasteiger partial charge in [0.2, 0.25) is 0 Å². The fourth-order valence-corrected chi connectivity index (χ4v) is 11.4. The van der Waals surface area contributed by atoms with Crippen LogP contribution in [0.25, 0.3) is 94.5 Å². The van der Waals surface area contributed by atoms with E-state index < -0.39 is 0 Å². The van der Waals surface area contributed by atoms with Gasteiger partial charge in [-0.3, -0.25) is 0 Å². The van der Waals surface area contributed by atoms with E-state index in [2.05, 4.69) is 219 Å². The van der Waals surface area contributed by atoms with Crippen molar-refractivity contribution in [1.29, 1.82) is 0 Å². The minimum atomic E-state index is 0.264. The molecule has 0 bridgehead atoms. The maximum absolute atomic E-state index is 2.58. The molecule has 2 unspecified atom stereocenters. The van der Waals surface area contributed by atoms with Gasteiger partial charge in [-0.25, -0.2) is 0 Å². The van der Waals surface area contributed by atoms with Gasteiger partial charge in [-0.15, -0.1) is 0 Å². The first-order valence-electron chi connectivity index (χ1n) is 23.6. The summed E-state index contributed by atoms with van der Waals surface area (Å²) in [6.07, 6.45) is 21.3. The Labute approximate surface area is 376 Å². The van der Waals surface area contributed by atoms with Gasteiger partial charge < -0.3 is 9.13 Å². The Hall–Kier alpha value is -6.90. The number of allylic oxidation sites excluding steroid dienone is 8. The number of nitrogens with zero attached hydrogens (tertiary/aromatic N) is 2. The van der Waals surface area contributed by atoms with Crippen molar-refractivity contribution in [3.05, 3.63) is 197 Å². The highest BCUT2D eigenvalue weighted by Gasteiger charge is 2.24. The van der Waals surface area contributed by atoms with Crippen LogP contribution in [0.1, 0.15) is 81.9 Å². The molecule has 0 saturated heterocycles. The maximum atomic E-state index is 2.58. The SMILES string of the molecule is CC(C)c1ccc2c(c1)c1c(n2C2=CC=C(c3ccc4c(c3)c3ccccc3n4C3=CCC(c4c5ccccc5c(-c5ccccc5)c5ccccc45)C=C3)CC2)=CCC(C(C)C)C=1. The second-order valence-corrected chi connectivity index (χ2v) is 19.1. The van der Waals surface area contributed by atoms with E-state index in [-0.39, 0.29) is 5.92 Å². The topological polar surface area (TPSA) is 9.86 Å². The van der Waals surface area contributed by atoms with Gasteiger partial charge in [0.25, 0.3) is 0 Å². The number of hydrogen-bond acceptors (Lipinski definition) is 0. The molecule has 0 amide bonds. The highest BCUT2D eigenvalue weighted by molar-refractivity contribution is 6.16. The lowest BCUT2D eigenvalue weighted by Crippen LogP contribution is -2.33. The van der Waals surface area contributed by atoms with Crippen LogP contribution in [0.2, 0.25) is 0 Å². The summed E-state index contributed by atoms with van der Waals surface area (Å²) in [5, 5.41) is 12.1. The summed E-state index contributed by atoms with van der Waals surface area (Å²) < 4.78 is 5.07. The van der Waals surface area contributed by atoms with E-state index in [1.807, 2.05) is 0 Å². The summed E-state index contributed by atoms with van der Waals surface area (Å²) in [5.74, 6) is 1.97. The number of fused-ring (bicyclic) bond motifs is 8. The zero-order valence-corrected chi connectivity index (χ0v) is 37.4. The van der Waals surface area contributed by atoms with Crippen LogP contribution in [0, 0.1) is 11.8 Å². The van der Waals surface area contributed by atoms with Crippen LogP contribution < -0.4 is 10.6 Å². The molecular weight excluding hydrogens is 773 g/mol. The number of rotatable bonds is 7. The van der Waals surface area contributed by atoms with Gasteiger partial charge in [-0.2, -0.15) is 0 Å². The third-order valence-electron chi connectivity index (χ3n) is 14.8. The van der Waals surface area contributed by atoms with Crippen LogP contribution in [0.3, 0.4) is 0 Å². The summed E-state index contributed by atoms with van der Waals surface area (Å²) in [5.41, 5.74) is 14.6. The third-order valence-corrected chi connectivity index (χ3v) is 14.8. The molecule has 9 aromatic rings. The molecule has 0 fully saturated rings. The van der Waals surface area contributed by atoms with Crippen molar-refractivity contribution >= 4 is 83.4 Å². The first-order valence-corrected chi connectivity index (χ1v) is 23.6. The number of aromatic nitrogens is 2. The third kappa shape index (κ3) is 6.21. The summed E-state index contributed by atoms with van der Waals surface area (Å²) >= 11 is 0. The normalized spacial score (nSPS) is 17.6. The van der Waals surface area contributed by atoms with Gasteiger partial charge >= 0.3 is 0 Å². The number of benzene rings is 7. The van der Waals surface area contributed by atoms with E-state index >= 15 is 0 Å². The van der Waals surface area contributed by atoms with Gasteiger partial charge in [0.05, 0.1) is 16.6 Å². The van der Waals surface area contributed by atoms with Crippen molar-refractivity contribution in [2.75, 3.05) is 0 Å². The maximum Gasteiger partial charge on any atom is 0.0541 e. The second kappa shape index (κ2) is 15.4. The molecule has 2 heterocycles. The summed E-state index contributed by atoms with van der Waals surface area (Å²) in [6, 6.07) is 52.3. The monoisotopic (exact) mass is 826 g/mol. The van der Waals surface area contributed by atoms with Crippen molar-refractivity contribution < 1.29 is 0 Å². The fraction of sp³-hybridized carbons (Fsp3) is 0.194. The van der Waals surface area contributed by atoms with Gasteiger partial charge in [0.1, 0.15) is 0 Å². The predicted octanol–water partition coefficient (Wildman–Crippen LogP) is 15.4. The smallest absolute Gasteiger partial charge is 0.0541 e. The Morgan fingerprint density at radius 3 is 1.89 bits per heavy atom. The zero-order valence-electron chi connectivity index (χ0n) is 37.4. The van der Waals surface area contributed by atoms with Gasteiger partial charge in [0.15, 0.2) is 0 Å². The average Bonchev–Trinajstić information content (AvgIpc) is 3.85. The van der Waals surface area contributed by atoms with E-state index in [9.17, 15) is 0 Å². The molecule has 3 aliphatic rings. The molecular formula is C62H54N2. The molecule has 2 nitrogen and oxygen atoms in total. The molecule has 0 radical (unpaired) electrons. The van der Waals surface area contributed by atoms with Crippen LogP contribution >= 0.6 is 0 Å². The molecule has 0 spiro atoms. The van der Waals surface area contributed by atoms with E-state index in [1.54, 1.807) is 0 Å². The largest absolute Gasteiger partial charge is 0.313 e. The number of hydrogen-bond donors (Lipinski definition) is 0. The lowest BCUT2D eigenvalue weighted by molar-refractivity contribution is 0.499. The summed E-state index contributed by atoms with van der Waals surface area (Å²) in [4.78, 5) is 0. The molecule has 64 heavy (non-hydrogen) atoms. The Balaban J connectivity index is 0.905. The average molecular weight is 827 g/mol. The summed E-state index contributed by atoms with van der Waals surface area (Å²) in [7, 11) is 0. The first kappa shape index (κ1) is 38.7. The van der Waals surface area contributed by atoms with Gasteiger partial charge in [-0.1, -0.05) is 167 Å². The Kier molecular flexibility index (Phi) is 9.34. The molecule has 0 N–H and O–H groups in total. The lowest BCUT2D eigenvalue weighted by atomic mass is 9.81. The van der Waals surface area contributed by atoms with E-state index in [4.69, 9.17) is 0 Å². The minimum absolute atomic E-state index is 0.264. The zero-order chi connectivity index (χ0) is 43.1. The molecule has 7 aromatic carbocycles. The van der Waals surface area contributed by atoms with E-state index in [0.29, 0.717) is 17.8 Å². The van der Waals surface area contributed by atoms with Gasteiger partial charge in [0, 0.05) is 44.0 Å². The second-order valence-electron chi connectivity index (χ2n) is 19.1. The Bertz CT molecular complexity index is 3560. The highest BCUT2D eigenvalue weighted by atomic mass is 15.0. The van der Waals surface area contributed by atoms with Crippen molar-refractivity contribution in [2.45, 2.75) is 65.2 Å². The summed E-state index contributed by atoms with van der Waals surface area (Å²) in [6.45, 7) is 9.33. The van der Waals surface area contributed by atoms with Crippen LogP contribution in [-0.2, 0) is 0 Å². The van der Waals surface area contributed by atoms with E-state index in [1.165, 1.54) is 110 Å². The van der Waals surface area contributed by atoms with Crippen LogP contribution in [0.15, 0.2) is 170 Å². The Morgan fingerprint density at radius 1 is 0.531 bits per heavy atom. The fourth-order valence-electron chi connectivity index (χ4n) is 11.4. The van der Waals surface area contributed by atoms with E-state index in [0.717, 1.165) is 25.7 Å². The van der Waals surface area contributed by atoms with Crippen LogP contribution in [0.5, 0.6) is 0 Å².